The molecule has 2 aromatic heterocycles. The van der Waals surface area contributed by atoms with Gasteiger partial charge in [-0.05, 0) is 42.3 Å². The number of nitriles is 1. The van der Waals surface area contributed by atoms with Gasteiger partial charge in [0.25, 0.3) is 0 Å². The molecule has 28 heavy (non-hydrogen) atoms. The fourth-order valence-electron chi connectivity index (χ4n) is 3.45. The van der Waals surface area contributed by atoms with E-state index < -0.39 is 15.1 Å². The van der Waals surface area contributed by atoms with Gasteiger partial charge in [-0.3, -0.25) is 0 Å². The number of hydrogen-bond acceptors (Lipinski definition) is 7. The van der Waals surface area contributed by atoms with E-state index in [0.717, 1.165) is 37.3 Å². The van der Waals surface area contributed by atoms with Crippen molar-refractivity contribution >= 4 is 38.0 Å². The Kier molecular flexibility index (Phi) is 5.04. The van der Waals surface area contributed by atoms with Gasteiger partial charge in [0, 0.05) is 13.1 Å². The zero-order chi connectivity index (χ0) is 19.7. The predicted molar refractivity (Wildman–Crippen MR) is 110 cm³/mol. The maximum absolute atomic E-state index is 13.1. The Bertz CT molecular complexity index is 1130. The van der Waals surface area contributed by atoms with Crippen LogP contribution in [-0.2, 0) is 9.84 Å². The average Bonchev–Trinajstić information content (AvgIpc) is 3.24. The first-order chi connectivity index (χ1) is 13.5. The van der Waals surface area contributed by atoms with Crippen LogP contribution in [0.1, 0.15) is 30.7 Å². The van der Waals surface area contributed by atoms with Crippen LogP contribution >= 0.6 is 11.3 Å². The van der Waals surface area contributed by atoms with Gasteiger partial charge in [0.15, 0.2) is 11.1 Å². The number of hydrogen-bond donors (Lipinski definition) is 0. The molecule has 144 valence electrons. The maximum atomic E-state index is 13.1. The van der Waals surface area contributed by atoms with Gasteiger partial charge in [-0.25, -0.2) is 18.4 Å². The van der Waals surface area contributed by atoms with Crippen molar-refractivity contribution in [2.45, 2.75) is 29.2 Å². The lowest BCUT2D eigenvalue weighted by Crippen LogP contribution is -2.35. The van der Waals surface area contributed by atoms with Gasteiger partial charge >= 0.3 is 0 Å². The van der Waals surface area contributed by atoms with Crippen LogP contribution in [0.15, 0.2) is 46.0 Å². The summed E-state index contributed by atoms with van der Waals surface area (Å²) in [7, 11) is -3.87. The molecule has 3 aromatic rings. The topological polar surface area (TPSA) is 86.9 Å². The molecule has 0 saturated carbocycles. The third kappa shape index (κ3) is 3.36. The van der Waals surface area contributed by atoms with E-state index in [9.17, 15) is 13.7 Å². The summed E-state index contributed by atoms with van der Waals surface area (Å²) in [6.45, 7) is 3.76. The Hall–Kier alpha value is -2.50. The highest BCUT2D eigenvalue weighted by Crippen LogP contribution is 2.36. The van der Waals surface area contributed by atoms with Crippen LogP contribution in [0.2, 0.25) is 0 Å². The first-order valence-electron chi connectivity index (χ1n) is 9.19. The molecule has 0 amide bonds. The average molecular weight is 413 g/mol. The Labute approximate surface area is 168 Å². The number of aromatic nitrogens is 2. The van der Waals surface area contributed by atoms with Crippen LogP contribution < -0.4 is 4.90 Å². The van der Waals surface area contributed by atoms with Crippen LogP contribution in [0.4, 0.5) is 5.82 Å². The van der Waals surface area contributed by atoms with Crippen LogP contribution in [-0.4, -0.2) is 31.5 Å². The molecule has 0 aliphatic carbocycles. The highest BCUT2D eigenvalue weighted by Gasteiger charge is 2.36. The van der Waals surface area contributed by atoms with E-state index in [1.165, 1.54) is 6.07 Å². The van der Waals surface area contributed by atoms with Crippen LogP contribution in [0, 0.1) is 17.2 Å². The minimum absolute atomic E-state index is 0.173. The van der Waals surface area contributed by atoms with Crippen molar-refractivity contribution in [3.05, 3.63) is 47.5 Å². The van der Waals surface area contributed by atoms with Crippen LogP contribution in [0.25, 0.3) is 11.0 Å². The lowest BCUT2D eigenvalue weighted by atomic mass is 9.99. The second-order valence-corrected chi connectivity index (χ2v) is 10.3. The summed E-state index contributed by atoms with van der Waals surface area (Å²) in [5.74, 6) is 1.13. The van der Waals surface area contributed by atoms with Gasteiger partial charge in [0.2, 0.25) is 9.84 Å². The number of sulfone groups is 1. The van der Waals surface area contributed by atoms with Crippen molar-refractivity contribution in [2.75, 3.05) is 18.0 Å². The monoisotopic (exact) mass is 412 g/mol. The Morgan fingerprint density at radius 3 is 2.43 bits per heavy atom. The number of thiophene rings is 1. The Morgan fingerprint density at radius 2 is 1.82 bits per heavy atom. The van der Waals surface area contributed by atoms with Crippen molar-refractivity contribution in [3.63, 3.8) is 0 Å². The van der Waals surface area contributed by atoms with Gasteiger partial charge in [0.05, 0.1) is 17.1 Å². The molecule has 6 nitrogen and oxygen atoms in total. The van der Waals surface area contributed by atoms with E-state index in [0.29, 0.717) is 22.8 Å². The molecule has 1 atom stereocenters. The summed E-state index contributed by atoms with van der Waals surface area (Å²) in [5, 5.41) is 10.1. The molecule has 1 aliphatic heterocycles. The quantitative estimate of drug-likeness (QED) is 0.644. The molecule has 0 bridgehead atoms. The highest BCUT2D eigenvalue weighted by molar-refractivity contribution is 7.93. The van der Waals surface area contributed by atoms with E-state index in [-0.39, 0.29) is 9.90 Å². The van der Waals surface area contributed by atoms with Gasteiger partial charge in [-0.1, -0.05) is 25.1 Å². The second-order valence-electron chi connectivity index (χ2n) is 7.08. The van der Waals surface area contributed by atoms with Crippen LogP contribution in [0.5, 0.6) is 0 Å². The first kappa shape index (κ1) is 18.8. The summed E-state index contributed by atoms with van der Waals surface area (Å²) in [4.78, 5) is 11.4. The molecular weight excluding hydrogens is 392 g/mol. The summed E-state index contributed by atoms with van der Waals surface area (Å²) < 4.78 is 26.5. The molecule has 8 heteroatoms. The van der Waals surface area contributed by atoms with Crippen molar-refractivity contribution in [2.24, 2.45) is 5.92 Å². The minimum Gasteiger partial charge on any atom is -0.355 e. The number of anilines is 1. The first-order valence-corrected chi connectivity index (χ1v) is 11.6. The van der Waals surface area contributed by atoms with E-state index in [1.807, 2.05) is 24.3 Å². The van der Waals surface area contributed by atoms with Gasteiger partial charge in [-0.15, -0.1) is 11.3 Å². The van der Waals surface area contributed by atoms with Crippen LogP contribution in [0.3, 0.4) is 0 Å². The summed E-state index contributed by atoms with van der Waals surface area (Å²) >= 11 is 1.11. The van der Waals surface area contributed by atoms with Gasteiger partial charge in [-0.2, -0.15) is 5.26 Å². The van der Waals surface area contributed by atoms with Crippen molar-refractivity contribution < 1.29 is 8.42 Å². The fourth-order valence-corrected chi connectivity index (χ4v) is 5.98. The summed E-state index contributed by atoms with van der Waals surface area (Å²) in [5.41, 5.74) is 1.52. The third-order valence-electron chi connectivity index (χ3n) is 5.11. The zero-order valence-corrected chi connectivity index (χ0v) is 17.1. The molecule has 1 aliphatic rings. The van der Waals surface area contributed by atoms with E-state index >= 15 is 0 Å². The summed E-state index contributed by atoms with van der Waals surface area (Å²) in [6.07, 6.45) is 2.01. The number of rotatable bonds is 4. The third-order valence-corrected chi connectivity index (χ3v) is 8.41. The van der Waals surface area contributed by atoms with Crippen molar-refractivity contribution in [1.29, 1.82) is 5.26 Å². The molecule has 0 radical (unpaired) electrons. The molecular formula is C20H20N4O2S2. The van der Waals surface area contributed by atoms with E-state index in [4.69, 9.17) is 4.98 Å². The lowest BCUT2D eigenvalue weighted by molar-refractivity contribution is 0.436. The lowest BCUT2D eigenvalue weighted by Gasteiger charge is -2.32. The predicted octanol–water partition coefficient (Wildman–Crippen LogP) is 3.97. The van der Waals surface area contributed by atoms with Gasteiger partial charge in [0.1, 0.15) is 9.90 Å². The molecule has 0 N–H and O–H groups in total. The van der Waals surface area contributed by atoms with Crippen molar-refractivity contribution in [3.8, 4) is 6.07 Å². The Balaban J connectivity index is 1.88. The molecule has 4 rings (SSSR count). The van der Waals surface area contributed by atoms with E-state index in [1.54, 1.807) is 17.5 Å². The number of para-hydroxylation sites is 2. The smallest absolute Gasteiger partial charge is 0.209 e. The Morgan fingerprint density at radius 1 is 1.14 bits per heavy atom. The molecule has 1 saturated heterocycles. The molecule has 0 unspecified atom stereocenters. The number of fused-ring (bicyclic) bond motifs is 1. The zero-order valence-electron chi connectivity index (χ0n) is 15.4. The fraction of sp³-hybridized carbons (Fsp3) is 0.350. The number of piperidine rings is 1. The summed E-state index contributed by atoms with van der Waals surface area (Å²) in [6, 6.07) is 12.5. The normalized spacial score (nSPS) is 16.8. The molecule has 1 fully saturated rings. The standard InChI is InChI=1S/C20H20N4O2S2/c1-14-8-10-24(11-9-14)20-19(22-15-5-2-3-6-16(15)23-20)17(13-21)28(25,26)18-7-4-12-27-18/h2-7,12,14,17H,8-11H2,1H3/t17-/m1/s1. The largest absolute Gasteiger partial charge is 0.355 e. The van der Waals surface area contributed by atoms with E-state index in [2.05, 4.69) is 16.8 Å². The molecule has 1 aromatic carbocycles. The number of benzene rings is 1. The maximum Gasteiger partial charge on any atom is 0.209 e. The SMILES string of the molecule is CC1CCN(c2nc3ccccc3nc2[C@@H](C#N)S(=O)(=O)c2cccs2)CC1. The molecule has 3 heterocycles. The highest BCUT2D eigenvalue weighted by atomic mass is 32.2. The van der Waals surface area contributed by atoms with Crippen molar-refractivity contribution in [1.82, 2.24) is 9.97 Å². The number of nitrogens with zero attached hydrogens (tertiary/aromatic N) is 4. The molecule has 0 spiro atoms. The second kappa shape index (κ2) is 7.49. The minimum atomic E-state index is -3.87. The van der Waals surface area contributed by atoms with Gasteiger partial charge < -0.3 is 4.90 Å².